The number of aromatic nitrogens is 2. The van der Waals surface area contributed by atoms with E-state index in [-0.39, 0.29) is 25.9 Å². The Hall–Kier alpha value is -4.05. The number of hydrogen-bond donors (Lipinski definition) is 2. The third-order valence-electron chi connectivity index (χ3n) is 6.48. The largest absolute Gasteiger partial charge is 0.497 e. The molecule has 0 radical (unpaired) electrons. The van der Waals surface area contributed by atoms with Crippen molar-refractivity contribution in [2.24, 2.45) is 0 Å². The summed E-state index contributed by atoms with van der Waals surface area (Å²) in [5.41, 5.74) is 1.45. The maximum Gasteiger partial charge on any atom is 0.343 e. The quantitative estimate of drug-likeness (QED) is 0.410. The molecule has 2 aromatic carbocycles. The predicted octanol–water partition coefficient (Wildman–Crippen LogP) is 3.42. The van der Waals surface area contributed by atoms with Crippen molar-refractivity contribution in [3.63, 3.8) is 0 Å². The first-order chi connectivity index (χ1) is 16.8. The van der Waals surface area contributed by atoms with Gasteiger partial charge in [-0.15, -0.1) is 0 Å². The highest BCUT2D eigenvalue weighted by molar-refractivity contribution is 5.82. The van der Waals surface area contributed by atoms with E-state index in [0.717, 1.165) is 16.9 Å². The minimum Gasteiger partial charge on any atom is -0.497 e. The van der Waals surface area contributed by atoms with Gasteiger partial charge in [0, 0.05) is 25.7 Å². The summed E-state index contributed by atoms with van der Waals surface area (Å²) in [4.78, 5) is 26.2. The maximum atomic E-state index is 12.6. The highest BCUT2D eigenvalue weighted by Crippen LogP contribution is 2.38. The SMILES string of the molecule is COc1ccc(-c2cc(C3(C(=O)O)CCN(C(=O)N(C)O)CC3)nn2-c2ccc(OC)cc2)cc1. The van der Waals surface area contributed by atoms with Crippen molar-refractivity contribution in [1.29, 1.82) is 0 Å². The van der Waals surface area contributed by atoms with Crippen LogP contribution < -0.4 is 9.47 Å². The fraction of sp³-hybridized carbons (Fsp3) is 0.320. The molecule has 1 aromatic heterocycles. The zero-order chi connectivity index (χ0) is 25.2. The van der Waals surface area contributed by atoms with Gasteiger partial charge in [-0.05, 0) is 67.4 Å². The van der Waals surface area contributed by atoms with Crippen molar-refractivity contribution in [3.8, 4) is 28.4 Å². The topological polar surface area (TPSA) is 117 Å². The number of piperidine rings is 1. The van der Waals surface area contributed by atoms with E-state index < -0.39 is 17.4 Å². The van der Waals surface area contributed by atoms with Gasteiger partial charge >= 0.3 is 12.0 Å². The Labute approximate surface area is 202 Å². The molecular weight excluding hydrogens is 452 g/mol. The van der Waals surface area contributed by atoms with Crippen LogP contribution in [0.5, 0.6) is 11.5 Å². The summed E-state index contributed by atoms with van der Waals surface area (Å²) in [6.07, 6.45) is 0.340. The molecule has 1 saturated heterocycles. The minimum absolute atomic E-state index is 0.170. The normalized spacial score (nSPS) is 14.9. The zero-order valence-corrected chi connectivity index (χ0v) is 19.8. The number of hydrogen-bond acceptors (Lipinski definition) is 6. The summed E-state index contributed by atoms with van der Waals surface area (Å²) >= 11 is 0. The maximum absolute atomic E-state index is 12.6. The number of amides is 2. The van der Waals surface area contributed by atoms with Crippen LogP contribution in [0.25, 0.3) is 16.9 Å². The van der Waals surface area contributed by atoms with E-state index in [1.807, 2.05) is 48.5 Å². The first-order valence-corrected chi connectivity index (χ1v) is 11.1. The molecule has 0 unspecified atom stereocenters. The lowest BCUT2D eigenvalue weighted by Crippen LogP contribution is -2.51. The Morgan fingerprint density at radius 1 is 0.971 bits per heavy atom. The Morgan fingerprint density at radius 2 is 1.51 bits per heavy atom. The van der Waals surface area contributed by atoms with Gasteiger partial charge in [0.2, 0.25) is 0 Å². The molecule has 10 heteroatoms. The number of aliphatic carboxylic acids is 1. The van der Waals surface area contributed by atoms with Gasteiger partial charge in [-0.2, -0.15) is 5.10 Å². The summed E-state index contributed by atoms with van der Waals surface area (Å²) in [6, 6.07) is 16.0. The lowest BCUT2D eigenvalue weighted by atomic mass is 9.75. The minimum atomic E-state index is -1.27. The smallest absolute Gasteiger partial charge is 0.343 e. The van der Waals surface area contributed by atoms with Crippen LogP contribution in [0.2, 0.25) is 0 Å². The molecule has 1 fully saturated rings. The van der Waals surface area contributed by atoms with Crippen molar-refractivity contribution >= 4 is 12.0 Å². The second kappa shape index (κ2) is 9.67. The summed E-state index contributed by atoms with van der Waals surface area (Å²) in [7, 11) is 4.43. The zero-order valence-electron chi connectivity index (χ0n) is 19.8. The second-order valence-corrected chi connectivity index (χ2v) is 8.43. The Balaban J connectivity index is 1.78. The molecule has 2 N–H and O–H groups in total. The van der Waals surface area contributed by atoms with Crippen LogP contribution in [0.4, 0.5) is 4.79 Å². The lowest BCUT2D eigenvalue weighted by Gasteiger charge is -2.38. The van der Waals surface area contributed by atoms with Crippen molar-refractivity contribution in [1.82, 2.24) is 19.7 Å². The number of methoxy groups -OCH3 is 2. The molecule has 1 aliphatic heterocycles. The number of benzene rings is 2. The highest BCUT2D eigenvalue weighted by Gasteiger charge is 2.46. The number of nitrogens with zero attached hydrogens (tertiary/aromatic N) is 4. The number of urea groups is 1. The molecule has 3 aromatic rings. The number of carboxylic acid groups (broad SMARTS) is 1. The average molecular weight is 481 g/mol. The van der Waals surface area contributed by atoms with Gasteiger partial charge in [0.05, 0.1) is 31.3 Å². The van der Waals surface area contributed by atoms with Gasteiger partial charge in [-0.1, -0.05) is 0 Å². The van der Waals surface area contributed by atoms with E-state index in [4.69, 9.17) is 14.6 Å². The number of ether oxygens (including phenoxy) is 2. The molecule has 2 amide bonds. The fourth-order valence-electron chi connectivity index (χ4n) is 4.37. The van der Waals surface area contributed by atoms with Gasteiger partial charge < -0.3 is 19.5 Å². The first kappa shape index (κ1) is 24.1. The molecule has 0 aliphatic carbocycles. The molecule has 4 rings (SSSR count). The lowest BCUT2D eigenvalue weighted by molar-refractivity contribution is -0.146. The van der Waals surface area contributed by atoms with Crippen molar-refractivity contribution in [3.05, 3.63) is 60.3 Å². The Morgan fingerprint density at radius 3 is 2.00 bits per heavy atom. The van der Waals surface area contributed by atoms with Crippen LogP contribution in [0.3, 0.4) is 0 Å². The van der Waals surface area contributed by atoms with E-state index in [1.54, 1.807) is 25.0 Å². The molecule has 184 valence electrons. The highest BCUT2D eigenvalue weighted by atomic mass is 16.5. The summed E-state index contributed by atoms with van der Waals surface area (Å²) < 4.78 is 12.3. The molecular formula is C25H28N4O6. The third-order valence-corrected chi connectivity index (χ3v) is 6.48. The number of hydroxylamine groups is 2. The number of likely N-dealkylation sites (tertiary alicyclic amines) is 1. The molecule has 0 atom stereocenters. The van der Waals surface area contributed by atoms with Crippen LogP contribution in [0.1, 0.15) is 18.5 Å². The average Bonchev–Trinajstić information content (AvgIpc) is 3.34. The number of carboxylic acids is 1. The van der Waals surface area contributed by atoms with Crippen LogP contribution in [-0.4, -0.2) is 76.4 Å². The van der Waals surface area contributed by atoms with E-state index in [9.17, 15) is 19.9 Å². The van der Waals surface area contributed by atoms with Crippen LogP contribution in [0, 0.1) is 0 Å². The first-order valence-electron chi connectivity index (χ1n) is 11.1. The summed E-state index contributed by atoms with van der Waals surface area (Å²) in [5, 5.41) is 25.1. The van der Waals surface area contributed by atoms with E-state index >= 15 is 0 Å². The van der Waals surface area contributed by atoms with Crippen LogP contribution in [-0.2, 0) is 10.2 Å². The Bertz CT molecular complexity index is 1130. The van der Waals surface area contributed by atoms with Crippen molar-refractivity contribution < 1.29 is 29.4 Å². The molecule has 1 aliphatic rings. The fourth-order valence-corrected chi connectivity index (χ4v) is 4.37. The molecule has 35 heavy (non-hydrogen) atoms. The molecule has 0 spiro atoms. The summed E-state index contributed by atoms with van der Waals surface area (Å²) in [5.74, 6) is 0.403. The summed E-state index contributed by atoms with van der Waals surface area (Å²) in [6.45, 7) is 0.368. The number of rotatable bonds is 6. The monoisotopic (exact) mass is 480 g/mol. The standard InChI is InChI=1S/C25H28N4O6/c1-27(33)24(32)28-14-12-25(13-15-28,23(30)31)22-16-21(17-4-8-19(34-2)9-5-17)29(26-22)18-6-10-20(35-3)11-7-18/h4-11,16,33H,12-15H2,1-3H3,(H,30,31). The molecule has 10 nitrogen and oxygen atoms in total. The van der Waals surface area contributed by atoms with Gasteiger partial charge in [0.15, 0.2) is 0 Å². The van der Waals surface area contributed by atoms with E-state index in [1.165, 1.54) is 11.9 Å². The number of carbonyl (C=O) groups is 2. The molecule has 0 bridgehead atoms. The van der Waals surface area contributed by atoms with Crippen molar-refractivity contribution in [2.75, 3.05) is 34.4 Å². The van der Waals surface area contributed by atoms with Gasteiger partial charge in [-0.25, -0.2) is 14.5 Å². The number of carbonyl (C=O) groups excluding carboxylic acids is 1. The van der Waals surface area contributed by atoms with Crippen LogP contribution in [0.15, 0.2) is 54.6 Å². The third kappa shape index (κ3) is 4.52. The van der Waals surface area contributed by atoms with E-state index in [0.29, 0.717) is 22.3 Å². The second-order valence-electron chi connectivity index (χ2n) is 8.43. The van der Waals surface area contributed by atoms with E-state index in [2.05, 4.69) is 0 Å². The predicted molar refractivity (Wildman–Crippen MR) is 127 cm³/mol. The van der Waals surface area contributed by atoms with Crippen LogP contribution >= 0.6 is 0 Å². The Kier molecular flexibility index (Phi) is 6.65. The molecule has 2 heterocycles. The molecule has 0 saturated carbocycles. The van der Waals surface area contributed by atoms with Gasteiger partial charge in [0.25, 0.3) is 0 Å². The van der Waals surface area contributed by atoms with Crippen molar-refractivity contribution in [2.45, 2.75) is 18.3 Å². The van der Waals surface area contributed by atoms with Gasteiger partial charge in [-0.3, -0.25) is 10.0 Å². The van der Waals surface area contributed by atoms with Gasteiger partial charge in [0.1, 0.15) is 16.9 Å².